The minimum Gasteiger partial charge on any atom is -0.484 e. The molecule has 2 aromatic carbocycles. The predicted molar refractivity (Wildman–Crippen MR) is 138 cm³/mol. The first-order chi connectivity index (χ1) is 18.1. The number of rotatable bonds is 8. The van der Waals surface area contributed by atoms with E-state index in [1.54, 1.807) is 29.2 Å². The van der Waals surface area contributed by atoms with E-state index < -0.39 is 27.0 Å². The number of carbonyl (C=O) groups excluding carboxylic acids is 3. The van der Waals surface area contributed by atoms with E-state index in [1.165, 1.54) is 35.4 Å². The lowest BCUT2D eigenvalue weighted by Crippen LogP contribution is -2.58. The summed E-state index contributed by atoms with van der Waals surface area (Å²) in [5.74, 6) is -1.40. The molecule has 1 N–H and O–H groups in total. The van der Waals surface area contributed by atoms with Gasteiger partial charge in [-0.2, -0.15) is 0 Å². The molecule has 11 heteroatoms. The van der Waals surface area contributed by atoms with Crippen LogP contribution in [0.1, 0.15) is 21.7 Å². The van der Waals surface area contributed by atoms with Crippen LogP contribution in [0.15, 0.2) is 76.2 Å². The molecule has 1 atom stereocenters. The van der Waals surface area contributed by atoms with Crippen LogP contribution in [0.4, 0.5) is 0 Å². The van der Waals surface area contributed by atoms with E-state index >= 15 is 0 Å². The van der Waals surface area contributed by atoms with Crippen molar-refractivity contribution in [2.24, 2.45) is 0 Å². The van der Waals surface area contributed by atoms with Crippen molar-refractivity contribution >= 4 is 27.6 Å². The van der Waals surface area contributed by atoms with Gasteiger partial charge in [-0.25, -0.2) is 8.42 Å². The highest BCUT2D eigenvalue weighted by Crippen LogP contribution is 2.19. The number of hydrogen-bond acceptors (Lipinski definition) is 7. The van der Waals surface area contributed by atoms with Crippen LogP contribution in [0, 0.1) is 13.8 Å². The van der Waals surface area contributed by atoms with Crippen LogP contribution in [0.3, 0.4) is 0 Å². The Labute approximate surface area is 221 Å². The first kappa shape index (κ1) is 26.9. The smallest absolute Gasteiger partial charge is 0.288 e. The fourth-order valence-corrected chi connectivity index (χ4v) is 5.41. The van der Waals surface area contributed by atoms with Crippen LogP contribution in [-0.2, 0) is 19.4 Å². The van der Waals surface area contributed by atoms with E-state index in [4.69, 9.17) is 9.15 Å². The Balaban J connectivity index is 1.44. The summed E-state index contributed by atoms with van der Waals surface area (Å²) in [6.45, 7) is 4.22. The van der Waals surface area contributed by atoms with Gasteiger partial charge in [0, 0.05) is 26.2 Å². The van der Waals surface area contributed by atoms with Gasteiger partial charge in [-0.15, -0.1) is 0 Å². The molecule has 1 aromatic heterocycles. The maximum atomic E-state index is 13.5. The number of sulfone groups is 1. The molecule has 3 aromatic rings. The molecular formula is C27H29N3O7S. The summed E-state index contributed by atoms with van der Waals surface area (Å²) in [5.41, 5.74) is 1.92. The normalized spacial score (nSPS) is 14.6. The Morgan fingerprint density at radius 3 is 2.05 bits per heavy atom. The molecule has 200 valence electrons. The number of nitrogens with zero attached hydrogens (tertiary/aromatic N) is 2. The fourth-order valence-electron chi connectivity index (χ4n) is 3.95. The van der Waals surface area contributed by atoms with Gasteiger partial charge >= 0.3 is 0 Å². The van der Waals surface area contributed by atoms with E-state index in [0.717, 1.165) is 11.1 Å². The molecule has 2 heterocycles. The largest absolute Gasteiger partial charge is 0.484 e. The summed E-state index contributed by atoms with van der Waals surface area (Å²) < 4.78 is 37.6. The quantitative estimate of drug-likeness (QED) is 0.465. The van der Waals surface area contributed by atoms with Gasteiger partial charge in [-0.05, 0) is 50.2 Å². The second kappa shape index (κ2) is 11.5. The lowest BCUT2D eigenvalue weighted by Gasteiger charge is -2.36. The van der Waals surface area contributed by atoms with Crippen molar-refractivity contribution in [2.45, 2.75) is 24.1 Å². The van der Waals surface area contributed by atoms with Gasteiger partial charge in [0.2, 0.25) is 15.2 Å². The molecule has 10 nitrogen and oxygen atoms in total. The Bertz CT molecular complexity index is 1380. The number of nitrogens with one attached hydrogen (secondary N) is 1. The molecule has 1 aliphatic rings. The van der Waals surface area contributed by atoms with Gasteiger partial charge in [0.05, 0.1) is 11.2 Å². The Kier molecular flexibility index (Phi) is 8.16. The zero-order valence-corrected chi connectivity index (χ0v) is 21.9. The van der Waals surface area contributed by atoms with Gasteiger partial charge in [0.15, 0.2) is 12.4 Å². The minimum absolute atomic E-state index is 0.0942. The average molecular weight is 540 g/mol. The summed E-state index contributed by atoms with van der Waals surface area (Å²) in [6.07, 6.45) is 1.28. The van der Waals surface area contributed by atoms with Crippen LogP contribution in [0.2, 0.25) is 0 Å². The molecule has 4 rings (SSSR count). The van der Waals surface area contributed by atoms with Gasteiger partial charge in [-0.3, -0.25) is 14.4 Å². The van der Waals surface area contributed by atoms with Crippen LogP contribution >= 0.6 is 0 Å². The molecule has 1 saturated heterocycles. The first-order valence-corrected chi connectivity index (χ1v) is 13.6. The van der Waals surface area contributed by atoms with E-state index in [0.29, 0.717) is 5.75 Å². The Morgan fingerprint density at radius 2 is 1.47 bits per heavy atom. The molecule has 0 aliphatic carbocycles. The zero-order valence-electron chi connectivity index (χ0n) is 21.1. The van der Waals surface area contributed by atoms with Crippen molar-refractivity contribution in [1.82, 2.24) is 15.1 Å². The van der Waals surface area contributed by atoms with Gasteiger partial charge in [0.1, 0.15) is 5.75 Å². The number of carbonyl (C=O) groups is 3. The van der Waals surface area contributed by atoms with Crippen LogP contribution in [-0.4, -0.2) is 74.1 Å². The van der Waals surface area contributed by atoms with Crippen LogP contribution < -0.4 is 10.1 Å². The molecule has 3 amide bonds. The molecule has 0 bridgehead atoms. The summed E-state index contributed by atoms with van der Waals surface area (Å²) >= 11 is 0. The van der Waals surface area contributed by atoms with Gasteiger partial charge in [-0.1, -0.05) is 35.4 Å². The first-order valence-electron chi connectivity index (χ1n) is 12.1. The second-order valence-corrected chi connectivity index (χ2v) is 11.0. The standard InChI is InChI=1S/C27H29N3O7S/c1-19-5-9-21(10-6-19)37-18-24(31)29-13-15-30(16-14-29)27(33)26(28-25(32)23-4-3-17-36-23)38(34,35)22-11-7-20(2)8-12-22/h3-12,17,26H,13-16,18H2,1-2H3,(H,28,32)/t26-/m0/s1. The van der Waals surface area contributed by atoms with Crippen LogP contribution in [0.25, 0.3) is 0 Å². The summed E-state index contributed by atoms with van der Waals surface area (Å²) in [4.78, 5) is 41.6. The van der Waals surface area contributed by atoms with Gasteiger partial charge in [0.25, 0.3) is 17.7 Å². The predicted octanol–water partition coefficient (Wildman–Crippen LogP) is 2.18. The number of furan rings is 1. The second-order valence-electron chi connectivity index (χ2n) is 9.00. The van der Waals surface area contributed by atoms with Crippen molar-refractivity contribution in [3.63, 3.8) is 0 Å². The highest BCUT2D eigenvalue weighted by Gasteiger charge is 2.40. The average Bonchev–Trinajstić information content (AvgIpc) is 3.46. The van der Waals surface area contributed by atoms with E-state index in [9.17, 15) is 22.8 Å². The number of piperazine rings is 1. The molecule has 1 aliphatic heterocycles. The number of benzene rings is 2. The molecule has 38 heavy (non-hydrogen) atoms. The maximum Gasteiger partial charge on any atom is 0.288 e. The minimum atomic E-state index is -4.29. The molecule has 1 fully saturated rings. The molecular weight excluding hydrogens is 510 g/mol. The van der Waals surface area contributed by atoms with Crippen molar-refractivity contribution in [3.8, 4) is 5.75 Å². The SMILES string of the molecule is Cc1ccc(OCC(=O)N2CCN(C(=O)[C@@H](NC(=O)c3ccco3)S(=O)(=O)c3ccc(C)cc3)CC2)cc1. The zero-order chi connectivity index (χ0) is 27.3. The number of ether oxygens (including phenoxy) is 1. The lowest BCUT2D eigenvalue weighted by atomic mass is 10.2. The highest BCUT2D eigenvalue weighted by atomic mass is 32.2. The third kappa shape index (κ3) is 6.23. The Hall–Kier alpha value is -4.12. The summed E-state index contributed by atoms with van der Waals surface area (Å²) in [6, 6.07) is 16.2. The highest BCUT2D eigenvalue weighted by molar-refractivity contribution is 7.92. The van der Waals surface area contributed by atoms with Crippen molar-refractivity contribution in [2.75, 3.05) is 32.8 Å². The third-order valence-electron chi connectivity index (χ3n) is 6.22. The third-order valence-corrected chi connectivity index (χ3v) is 8.09. The maximum absolute atomic E-state index is 13.5. The topological polar surface area (TPSA) is 126 Å². The van der Waals surface area contributed by atoms with Gasteiger partial charge < -0.3 is 24.3 Å². The summed E-state index contributed by atoms with van der Waals surface area (Å²) in [5, 5.41) is 0.468. The van der Waals surface area contributed by atoms with Crippen molar-refractivity contribution < 1.29 is 32.0 Å². The Morgan fingerprint density at radius 1 is 0.895 bits per heavy atom. The van der Waals surface area contributed by atoms with E-state index in [-0.39, 0.29) is 49.3 Å². The van der Waals surface area contributed by atoms with Crippen molar-refractivity contribution in [1.29, 1.82) is 0 Å². The van der Waals surface area contributed by atoms with Crippen LogP contribution in [0.5, 0.6) is 5.75 Å². The lowest BCUT2D eigenvalue weighted by molar-refractivity contribution is -0.140. The number of aryl methyl sites for hydroxylation is 2. The molecule has 0 radical (unpaired) electrons. The molecule has 0 spiro atoms. The fraction of sp³-hybridized carbons (Fsp3) is 0.296. The van der Waals surface area contributed by atoms with E-state index in [1.807, 2.05) is 26.0 Å². The van der Waals surface area contributed by atoms with Crippen molar-refractivity contribution in [3.05, 3.63) is 83.8 Å². The molecule has 0 saturated carbocycles. The number of amides is 3. The molecule has 0 unspecified atom stereocenters. The number of hydrogen-bond donors (Lipinski definition) is 1. The monoisotopic (exact) mass is 539 g/mol. The van der Waals surface area contributed by atoms with E-state index in [2.05, 4.69) is 5.32 Å². The summed E-state index contributed by atoms with van der Waals surface area (Å²) in [7, 11) is -4.29.